The van der Waals surface area contributed by atoms with Crippen LogP contribution in [0.1, 0.15) is 48.9 Å². The van der Waals surface area contributed by atoms with Crippen molar-refractivity contribution in [3.05, 3.63) is 82.1 Å². The Morgan fingerprint density at radius 2 is 2.12 bits per heavy atom. The van der Waals surface area contributed by atoms with Gasteiger partial charge in [0.2, 0.25) is 0 Å². The van der Waals surface area contributed by atoms with Crippen LogP contribution in [0.5, 0.6) is 0 Å². The molecule has 3 heteroatoms. The van der Waals surface area contributed by atoms with Crippen molar-refractivity contribution in [2.75, 3.05) is 5.75 Å². The van der Waals surface area contributed by atoms with Gasteiger partial charge >= 0.3 is 0 Å². The molecule has 0 radical (unpaired) electrons. The van der Waals surface area contributed by atoms with Crippen LogP contribution in [0, 0.1) is 5.82 Å². The predicted molar refractivity (Wildman–Crippen MR) is 104 cm³/mol. The first-order valence-electron chi connectivity index (χ1n) is 8.83. The summed E-state index contributed by atoms with van der Waals surface area (Å²) in [7, 11) is 0. The second kappa shape index (κ2) is 8.48. The highest BCUT2D eigenvalue weighted by Gasteiger charge is 2.14. The summed E-state index contributed by atoms with van der Waals surface area (Å²) < 4.78 is 13.2. The normalized spacial score (nSPS) is 16.9. The number of allylic oxidation sites excluding steroid dienone is 7. The summed E-state index contributed by atoms with van der Waals surface area (Å²) in [6.45, 7) is 4.20. The molecule has 3 rings (SSSR count). The highest BCUT2D eigenvalue weighted by Crippen LogP contribution is 2.36. The van der Waals surface area contributed by atoms with E-state index in [-0.39, 0.29) is 11.6 Å². The molecule has 0 saturated carbocycles. The number of hydrogen-bond acceptors (Lipinski definition) is 2. The molecule has 1 aromatic rings. The number of Topliss-reactive ketones (excluding diaryl/α,β-unsaturated/α-hetero) is 1. The smallest absolute Gasteiger partial charge is 0.162 e. The first-order valence-corrected chi connectivity index (χ1v) is 9.82. The minimum atomic E-state index is -0.363. The summed E-state index contributed by atoms with van der Waals surface area (Å²) in [6.07, 6.45) is 12.0. The monoisotopic (exact) mass is 354 g/mol. The molecular formula is C22H23FOS. The van der Waals surface area contributed by atoms with Gasteiger partial charge in [0.05, 0.1) is 0 Å². The lowest BCUT2D eigenvalue weighted by molar-refractivity contribution is 0.0980. The number of thioether (sulfide) groups is 1. The van der Waals surface area contributed by atoms with E-state index in [2.05, 4.69) is 24.8 Å². The molecule has 0 bridgehead atoms. The molecule has 0 unspecified atom stereocenters. The Bertz CT molecular complexity index is 770. The third-order valence-electron chi connectivity index (χ3n) is 4.63. The average molecular weight is 354 g/mol. The molecule has 0 fully saturated rings. The van der Waals surface area contributed by atoms with Crippen LogP contribution in [0.15, 0.2) is 70.7 Å². The Hall–Kier alpha value is -1.87. The number of hydrogen-bond donors (Lipinski definition) is 0. The highest BCUT2D eigenvalue weighted by atomic mass is 32.2. The van der Waals surface area contributed by atoms with E-state index in [1.165, 1.54) is 46.8 Å². The summed E-state index contributed by atoms with van der Waals surface area (Å²) in [5, 5.41) is 0. The quantitative estimate of drug-likeness (QED) is 0.550. The summed E-state index contributed by atoms with van der Waals surface area (Å²) in [5.41, 5.74) is 4.19. The first kappa shape index (κ1) is 17.9. The minimum Gasteiger partial charge on any atom is -0.294 e. The molecule has 2 aliphatic rings. The predicted octanol–water partition coefficient (Wildman–Crippen LogP) is 6.40. The first-order chi connectivity index (χ1) is 12.1. The molecule has 1 nitrogen and oxygen atoms in total. The van der Waals surface area contributed by atoms with Crippen LogP contribution in [0.4, 0.5) is 4.39 Å². The van der Waals surface area contributed by atoms with E-state index in [1.807, 2.05) is 11.8 Å². The molecule has 1 aliphatic heterocycles. The molecule has 130 valence electrons. The third kappa shape index (κ3) is 4.82. The van der Waals surface area contributed by atoms with Crippen molar-refractivity contribution in [2.45, 2.75) is 38.5 Å². The minimum absolute atomic E-state index is 0.00813. The van der Waals surface area contributed by atoms with Gasteiger partial charge < -0.3 is 0 Å². The van der Waals surface area contributed by atoms with E-state index in [1.54, 1.807) is 12.1 Å². The fourth-order valence-corrected chi connectivity index (χ4v) is 4.28. The van der Waals surface area contributed by atoms with Gasteiger partial charge in [-0.15, -0.1) is 11.8 Å². The van der Waals surface area contributed by atoms with Gasteiger partial charge in [0.1, 0.15) is 5.82 Å². The number of ketones is 1. The number of carbonyl (C=O) groups excluding carboxylic acids is 1. The van der Waals surface area contributed by atoms with Crippen LogP contribution in [-0.2, 0) is 0 Å². The lowest BCUT2D eigenvalue weighted by Crippen LogP contribution is -2.00. The molecule has 25 heavy (non-hydrogen) atoms. The summed E-state index contributed by atoms with van der Waals surface area (Å²) in [5.74, 6) is 0.850. The molecule has 0 aromatic heterocycles. The second-order valence-electron chi connectivity index (χ2n) is 6.49. The summed E-state index contributed by atoms with van der Waals surface area (Å²) >= 11 is 1.97. The van der Waals surface area contributed by atoms with Crippen LogP contribution in [-0.4, -0.2) is 11.5 Å². The largest absolute Gasteiger partial charge is 0.294 e. The fourth-order valence-electron chi connectivity index (χ4n) is 3.19. The zero-order chi connectivity index (χ0) is 17.6. The van der Waals surface area contributed by atoms with Crippen molar-refractivity contribution >= 4 is 17.5 Å². The zero-order valence-electron chi connectivity index (χ0n) is 14.4. The van der Waals surface area contributed by atoms with E-state index in [9.17, 15) is 9.18 Å². The fraction of sp³-hybridized carbons (Fsp3) is 0.318. The number of carbonyl (C=O) groups is 1. The van der Waals surface area contributed by atoms with Gasteiger partial charge in [-0.2, -0.15) is 0 Å². The van der Waals surface area contributed by atoms with Gasteiger partial charge in [0, 0.05) is 12.0 Å². The zero-order valence-corrected chi connectivity index (χ0v) is 15.2. The average Bonchev–Trinajstić information content (AvgIpc) is 2.84. The van der Waals surface area contributed by atoms with Crippen molar-refractivity contribution in [2.24, 2.45) is 0 Å². The van der Waals surface area contributed by atoms with Crippen molar-refractivity contribution < 1.29 is 9.18 Å². The lowest BCUT2D eigenvalue weighted by Gasteiger charge is -2.15. The molecule has 0 N–H and O–H groups in total. The van der Waals surface area contributed by atoms with Crippen LogP contribution in [0.25, 0.3) is 0 Å². The molecular weight excluding hydrogens is 331 g/mol. The van der Waals surface area contributed by atoms with Gasteiger partial charge in [-0.1, -0.05) is 36.9 Å². The van der Waals surface area contributed by atoms with Crippen molar-refractivity contribution in [1.29, 1.82) is 0 Å². The molecule has 0 amide bonds. The third-order valence-corrected chi connectivity index (χ3v) is 5.90. The maximum absolute atomic E-state index is 13.2. The Labute approximate surface area is 153 Å². The van der Waals surface area contributed by atoms with Crippen molar-refractivity contribution in [1.82, 2.24) is 0 Å². The van der Waals surface area contributed by atoms with E-state index in [0.717, 1.165) is 24.8 Å². The Balaban J connectivity index is 1.51. The topological polar surface area (TPSA) is 17.1 Å². The van der Waals surface area contributed by atoms with Crippen molar-refractivity contribution in [3.8, 4) is 0 Å². The molecule has 0 atom stereocenters. The standard InChI is InChI=1S/C22H23FOS/c1-16(5-2-9-21(24)19-6-3-8-20(23)15-19)17-10-11-18-7-4-14-25-22(18)13-12-17/h3,6,8,10-12,15H,1-2,4-5,7,9,13-14H2. The van der Waals surface area contributed by atoms with E-state index in [4.69, 9.17) is 0 Å². The Morgan fingerprint density at radius 3 is 2.96 bits per heavy atom. The van der Waals surface area contributed by atoms with Crippen molar-refractivity contribution in [3.63, 3.8) is 0 Å². The maximum Gasteiger partial charge on any atom is 0.162 e. The van der Waals surface area contributed by atoms with Crippen LogP contribution < -0.4 is 0 Å². The van der Waals surface area contributed by atoms with Gasteiger partial charge in [0.25, 0.3) is 0 Å². The molecule has 0 saturated heterocycles. The summed E-state index contributed by atoms with van der Waals surface area (Å²) in [6, 6.07) is 5.91. The van der Waals surface area contributed by atoms with E-state index in [0.29, 0.717) is 12.0 Å². The SMILES string of the molecule is C=C(CCCC(=O)c1cccc(F)c1)C1=CCC2=C(C=C1)CCCS2. The highest BCUT2D eigenvalue weighted by molar-refractivity contribution is 8.03. The Kier molecular flexibility index (Phi) is 6.09. The van der Waals surface area contributed by atoms with E-state index < -0.39 is 0 Å². The molecule has 1 aliphatic carbocycles. The lowest BCUT2D eigenvalue weighted by atomic mass is 9.98. The number of benzene rings is 1. The molecule has 0 spiro atoms. The Morgan fingerprint density at radius 1 is 1.24 bits per heavy atom. The van der Waals surface area contributed by atoms with E-state index >= 15 is 0 Å². The summed E-state index contributed by atoms with van der Waals surface area (Å²) in [4.78, 5) is 13.6. The number of rotatable bonds is 6. The van der Waals surface area contributed by atoms with Gasteiger partial charge in [-0.25, -0.2) is 4.39 Å². The van der Waals surface area contributed by atoms with Crippen LogP contribution in [0.2, 0.25) is 0 Å². The maximum atomic E-state index is 13.2. The van der Waals surface area contributed by atoms with Gasteiger partial charge in [0.15, 0.2) is 5.78 Å². The molecule has 1 aromatic carbocycles. The van der Waals surface area contributed by atoms with Gasteiger partial charge in [-0.3, -0.25) is 4.79 Å². The van der Waals surface area contributed by atoms with Gasteiger partial charge in [-0.05, 0) is 71.6 Å². The van der Waals surface area contributed by atoms with Crippen LogP contribution >= 0.6 is 11.8 Å². The molecule has 1 heterocycles. The van der Waals surface area contributed by atoms with Crippen LogP contribution in [0.3, 0.4) is 0 Å². The number of halogens is 1. The second-order valence-corrected chi connectivity index (χ2v) is 7.68.